The van der Waals surface area contributed by atoms with Gasteiger partial charge in [0.25, 0.3) is 0 Å². The highest BCUT2D eigenvalue weighted by atomic mass is 35.5. The summed E-state index contributed by atoms with van der Waals surface area (Å²) >= 11 is 5.85. The van der Waals surface area contributed by atoms with Crippen LogP contribution in [0.3, 0.4) is 0 Å². The van der Waals surface area contributed by atoms with E-state index in [0.717, 1.165) is 17.1 Å². The van der Waals surface area contributed by atoms with Gasteiger partial charge in [-0.1, -0.05) is 11.6 Å². The standard InChI is InChI=1S/C12H11ClN4/c1-8-12(17-7-16-8)6-15-10-2-3-11(13)9(4-10)5-14/h2-4,7,15H,6H2,1H3,(H,16,17). The Bertz CT molecular complexity index is 568. The summed E-state index contributed by atoms with van der Waals surface area (Å²) in [6.45, 7) is 2.58. The fourth-order valence-electron chi connectivity index (χ4n) is 1.47. The number of nitrogens with zero attached hydrogens (tertiary/aromatic N) is 2. The van der Waals surface area contributed by atoms with Crippen molar-refractivity contribution >= 4 is 17.3 Å². The Morgan fingerprint density at radius 1 is 1.53 bits per heavy atom. The van der Waals surface area contributed by atoms with E-state index in [1.807, 2.05) is 19.1 Å². The number of aromatic nitrogens is 2. The van der Waals surface area contributed by atoms with Crippen LogP contribution in [0.1, 0.15) is 17.0 Å². The second-order valence-corrected chi connectivity index (χ2v) is 4.04. The highest BCUT2D eigenvalue weighted by molar-refractivity contribution is 6.31. The zero-order chi connectivity index (χ0) is 12.3. The number of aryl methyl sites for hydroxylation is 1. The molecule has 0 radical (unpaired) electrons. The van der Waals surface area contributed by atoms with Crippen molar-refractivity contribution in [1.29, 1.82) is 5.26 Å². The monoisotopic (exact) mass is 246 g/mol. The van der Waals surface area contributed by atoms with Gasteiger partial charge in [0.05, 0.1) is 29.2 Å². The summed E-state index contributed by atoms with van der Waals surface area (Å²) < 4.78 is 0. The fourth-order valence-corrected chi connectivity index (χ4v) is 1.63. The van der Waals surface area contributed by atoms with Gasteiger partial charge in [-0.25, -0.2) is 4.98 Å². The van der Waals surface area contributed by atoms with E-state index in [-0.39, 0.29) is 0 Å². The van der Waals surface area contributed by atoms with Crippen LogP contribution in [0, 0.1) is 18.3 Å². The predicted octanol–water partition coefficient (Wildman–Crippen LogP) is 2.86. The van der Waals surface area contributed by atoms with Crippen molar-refractivity contribution in [3.05, 3.63) is 46.5 Å². The maximum absolute atomic E-state index is 8.86. The number of H-pyrrole nitrogens is 1. The maximum atomic E-state index is 8.86. The minimum absolute atomic E-state index is 0.467. The number of nitriles is 1. The van der Waals surface area contributed by atoms with E-state index < -0.39 is 0 Å². The number of benzene rings is 1. The lowest BCUT2D eigenvalue weighted by atomic mass is 10.2. The summed E-state index contributed by atoms with van der Waals surface area (Å²) in [7, 11) is 0. The molecular weight excluding hydrogens is 236 g/mol. The molecule has 2 N–H and O–H groups in total. The topological polar surface area (TPSA) is 64.5 Å². The predicted molar refractivity (Wildman–Crippen MR) is 66.8 cm³/mol. The molecule has 0 fully saturated rings. The first-order valence-corrected chi connectivity index (χ1v) is 5.51. The Morgan fingerprint density at radius 2 is 2.35 bits per heavy atom. The molecule has 0 aliphatic heterocycles. The van der Waals surface area contributed by atoms with Crippen LogP contribution in [0.15, 0.2) is 24.5 Å². The summed E-state index contributed by atoms with van der Waals surface area (Å²) in [4.78, 5) is 7.19. The van der Waals surface area contributed by atoms with Gasteiger partial charge in [0.1, 0.15) is 6.07 Å². The van der Waals surface area contributed by atoms with E-state index in [1.54, 1.807) is 18.5 Å². The van der Waals surface area contributed by atoms with Crippen LogP contribution in [0.25, 0.3) is 0 Å². The minimum Gasteiger partial charge on any atom is -0.379 e. The van der Waals surface area contributed by atoms with Gasteiger partial charge < -0.3 is 10.3 Å². The van der Waals surface area contributed by atoms with Gasteiger partial charge in [0, 0.05) is 11.4 Å². The third-order valence-electron chi connectivity index (χ3n) is 2.48. The largest absolute Gasteiger partial charge is 0.379 e. The van der Waals surface area contributed by atoms with Crippen LogP contribution in [0.2, 0.25) is 5.02 Å². The van der Waals surface area contributed by atoms with Gasteiger partial charge in [-0.05, 0) is 25.1 Å². The number of hydrogen-bond donors (Lipinski definition) is 2. The molecular formula is C12H11ClN4. The van der Waals surface area contributed by atoms with E-state index in [4.69, 9.17) is 16.9 Å². The molecule has 0 saturated heterocycles. The quantitative estimate of drug-likeness (QED) is 0.875. The van der Waals surface area contributed by atoms with Crippen LogP contribution in [-0.2, 0) is 6.54 Å². The highest BCUT2D eigenvalue weighted by Crippen LogP contribution is 2.20. The van der Waals surface area contributed by atoms with Gasteiger partial charge in [-0.2, -0.15) is 5.26 Å². The lowest BCUT2D eigenvalue weighted by Crippen LogP contribution is -2.01. The van der Waals surface area contributed by atoms with Crippen molar-refractivity contribution in [2.45, 2.75) is 13.5 Å². The van der Waals surface area contributed by atoms with Gasteiger partial charge >= 0.3 is 0 Å². The maximum Gasteiger partial charge on any atom is 0.101 e. The lowest BCUT2D eigenvalue weighted by Gasteiger charge is -2.06. The van der Waals surface area contributed by atoms with Crippen LogP contribution in [0.5, 0.6) is 0 Å². The summed E-state index contributed by atoms with van der Waals surface area (Å²) in [5, 5.41) is 12.5. The first kappa shape index (κ1) is 11.5. The number of hydrogen-bond acceptors (Lipinski definition) is 3. The van der Waals surface area contributed by atoms with Crippen LogP contribution < -0.4 is 5.32 Å². The molecule has 0 unspecified atom stereocenters. The summed E-state index contributed by atoms with van der Waals surface area (Å²) in [6.07, 6.45) is 1.66. The van der Waals surface area contributed by atoms with E-state index >= 15 is 0 Å². The SMILES string of the molecule is Cc1[nH]cnc1CNc1ccc(Cl)c(C#N)c1. The van der Waals surface area contributed by atoms with Crippen molar-refractivity contribution in [1.82, 2.24) is 9.97 Å². The molecule has 1 heterocycles. The summed E-state index contributed by atoms with van der Waals surface area (Å²) in [6, 6.07) is 7.32. The van der Waals surface area contributed by atoms with E-state index in [1.165, 1.54) is 0 Å². The zero-order valence-electron chi connectivity index (χ0n) is 9.29. The van der Waals surface area contributed by atoms with E-state index in [2.05, 4.69) is 15.3 Å². The summed E-state index contributed by atoms with van der Waals surface area (Å²) in [5.41, 5.74) is 3.31. The fraction of sp³-hybridized carbons (Fsp3) is 0.167. The lowest BCUT2D eigenvalue weighted by molar-refractivity contribution is 1.05. The first-order chi connectivity index (χ1) is 8.20. The first-order valence-electron chi connectivity index (χ1n) is 5.13. The smallest absolute Gasteiger partial charge is 0.101 e. The molecule has 0 atom stereocenters. The van der Waals surface area contributed by atoms with E-state index in [0.29, 0.717) is 17.1 Å². The van der Waals surface area contributed by atoms with Crippen molar-refractivity contribution < 1.29 is 0 Å². The Labute approximate surface area is 104 Å². The van der Waals surface area contributed by atoms with Gasteiger partial charge in [0.2, 0.25) is 0 Å². The Kier molecular flexibility index (Phi) is 3.31. The van der Waals surface area contributed by atoms with Crippen LogP contribution >= 0.6 is 11.6 Å². The second kappa shape index (κ2) is 4.89. The molecule has 0 aliphatic rings. The van der Waals surface area contributed by atoms with Gasteiger partial charge in [-0.3, -0.25) is 0 Å². The molecule has 4 nitrogen and oxygen atoms in total. The third kappa shape index (κ3) is 2.58. The van der Waals surface area contributed by atoms with Crippen LogP contribution in [0.4, 0.5) is 5.69 Å². The molecule has 2 aromatic rings. The Morgan fingerprint density at radius 3 is 3.00 bits per heavy atom. The number of anilines is 1. The van der Waals surface area contributed by atoms with Crippen molar-refractivity contribution in [3.63, 3.8) is 0 Å². The van der Waals surface area contributed by atoms with Crippen molar-refractivity contribution in [2.24, 2.45) is 0 Å². The molecule has 5 heteroatoms. The van der Waals surface area contributed by atoms with Crippen LogP contribution in [-0.4, -0.2) is 9.97 Å². The molecule has 0 aliphatic carbocycles. The number of imidazole rings is 1. The number of rotatable bonds is 3. The Hall–Kier alpha value is -1.99. The zero-order valence-corrected chi connectivity index (χ0v) is 10.0. The van der Waals surface area contributed by atoms with E-state index in [9.17, 15) is 0 Å². The molecule has 0 saturated carbocycles. The van der Waals surface area contributed by atoms with Gasteiger partial charge in [0.15, 0.2) is 0 Å². The number of aromatic amines is 1. The average molecular weight is 247 g/mol. The molecule has 1 aromatic heterocycles. The molecule has 0 amide bonds. The number of halogens is 1. The van der Waals surface area contributed by atoms with Crippen molar-refractivity contribution in [3.8, 4) is 6.07 Å². The molecule has 0 bridgehead atoms. The molecule has 0 spiro atoms. The molecule has 1 aromatic carbocycles. The summed E-state index contributed by atoms with van der Waals surface area (Å²) in [5.74, 6) is 0. The van der Waals surface area contributed by atoms with Gasteiger partial charge in [-0.15, -0.1) is 0 Å². The average Bonchev–Trinajstić information content (AvgIpc) is 2.74. The third-order valence-corrected chi connectivity index (χ3v) is 2.81. The second-order valence-electron chi connectivity index (χ2n) is 3.63. The Balaban J connectivity index is 2.10. The molecule has 86 valence electrons. The minimum atomic E-state index is 0.467. The highest BCUT2D eigenvalue weighted by Gasteiger charge is 2.03. The normalized spacial score (nSPS) is 9.94. The number of nitrogens with one attached hydrogen (secondary N) is 2. The van der Waals surface area contributed by atoms with Crippen molar-refractivity contribution in [2.75, 3.05) is 5.32 Å². The molecule has 2 rings (SSSR count). The molecule has 17 heavy (non-hydrogen) atoms.